The van der Waals surface area contributed by atoms with Crippen LogP contribution in [0.25, 0.3) is 32.7 Å². The summed E-state index contributed by atoms with van der Waals surface area (Å²) in [5, 5.41) is 40.2. The topological polar surface area (TPSA) is 142 Å². The lowest BCUT2D eigenvalue weighted by Crippen LogP contribution is -2.31. The van der Waals surface area contributed by atoms with Crippen molar-refractivity contribution in [2.75, 3.05) is 121 Å². The molecule has 11 heteroatoms. The van der Waals surface area contributed by atoms with Crippen molar-refractivity contribution in [2.45, 2.75) is 0 Å². The summed E-state index contributed by atoms with van der Waals surface area (Å²) in [6.07, 6.45) is 0. The fraction of sp³-hybridized carbons (Fsp3) is 0.255. The Morgan fingerprint density at radius 3 is 1.33 bits per heavy atom. The molecular weight excluding hydrogens is 721 g/mol. The molecular formula is C47H50N10O. The van der Waals surface area contributed by atoms with Gasteiger partial charge in [-0.05, 0) is 64.2 Å². The summed E-state index contributed by atoms with van der Waals surface area (Å²) >= 11 is 0. The van der Waals surface area contributed by atoms with Gasteiger partial charge in [0, 0.05) is 126 Å². The number of allylic oxidation sites excluding steroid dienone is 3. The minimum absolute atomic E-state index is 0.169. The number of nitriles is 2. The van der Waals surface area contributed by atoms with Crippen LogP contribution >= 0.6 is 0 Å². The summed E-state index contributed by atoms with van der Waals surface area (Å²) < 4.78 is 2.12. The monoisotopic (exact) mass is 770 g/mol. The second-order valence-corrected chi connectivity index (χ2v) is 16.1. The van der Waals surface area contributed by atoms with E-state index in [1.165, 1.54) is 0 Å². The van der Waals surface area contributed by atoms with Gasteiger partial charge in [-0.25, -0.2) is 4.58 Å². The Balaban J connectivity index is 1.81. The zero-order valence-electron chi connectivity index (χ0n) is 35.4. The third-order valence-electron chi connectivity index (χ3n) is 11.3. The molecule has 11 nitrogen and oxygen atoms in total. The highest BCUT2D eigenvalue weighted by molar-refractivity contribution is 6.32. The van der Waals surface area contributed by atoms with Gasteiger partial charge in [0.15, 0.2) is 0 Å². The minimum atomic E-state index is -0.298. The first-order valence-electron chi connectivity index (χ1n) is 19.0. The first-order chi connectivity index (χ1) is 27.5. The summed E-state index contributed by atoms with van der Waals surface area (Å²) in [5.74, 6) is -0.298. The van der Waals surface area contributed by atoms with E-state index in [0.29, 0.717) is 38.9 Å². The zero-order chi connectivity index (χ0) is 42.2. The van der Waals surface area contributed by atoms with Crippen LogP contribution in [0, 0.1) is 22.7 Å². The number of anilines is 7. The van der Waals surface area contributed by atoms with E-state index in [2.05, 4.69) is 43.5 Å². The van der Waals surface area contributed by atoms with E-state index in [0.717, 1.165) is 67.2 Å². The SMILES string of the molecule is CN(C)c1cccc2c1C(=[N+](C)C)c1c(cccc1N(C)C)C2=C1C([O-])=C(c2c3c(N)ccc(N(C)C)c3c(N(C)C)c3c(N(C)C)ccc(N)c23)C1=C(C#N)C#N. The number of hydrogen-bond donors (Lipinski definition) is 2. The van der Waals surface area contributed by atoms with Crippen molar-refractivity contribution < 1.29 is 9.68 Å². The Bertz CT molecular complexity index is 2680. The minimum Gasteiger partial charge on any atom is -0.872 e. The molecule has 0 amide bonds. The summed E-state index contributed by atoms with van der Waals surface area (Å²) in [6.45, 7) is 0. The van der Waals surface area contributed by atoms with Crippen molar-refractivity contribution in [3.05, 3.63) is 111 Å². The molecule has 0 spiro atoms. The number of nitrogens with zero attached hydrogens (tertiary/aromatic N) is 8. The van der Waals surface area contributed by atoms with E-state index in [4.69, 9.17) is 11.5 Å². The average Bonchev–Trinajstić information content (AvgIpc) is 3.16. The summed E-state index contributed by atoms with van der Waals surface area (Å²) in [6, 6.07) is 24.2. The van der Waals surface area contributed by atoms with E-state index in [-0.39, 0.29) is 22.5 Å². The van der Waals surface area contributed by atoms with E-state index in [9.17, 15) is 10.5 Å². The quantitative estimate of drug-likeness (QED) is 0.0919. The van der Waals surface area contributed by atoms with E-state index < -0.39 is 0 Å². The lowest BCUT2D eigenvalue weighted by molar-refractivity contribution is -0.463. The molecule has 0 fully saturated rings. The van der Waals surface area contributed by atoms with Crippen molar-refractivity contribution in [1.29, 1.82) is 10.5 Å². The third kappa shape index (κ3) is 5.49. The Kier molecular flexibility index (Phi) is 9.53. The zero-order valence-corrected chi connectivity index (χ0v) is 35.4. The number of nitrogens with two attached hydrogens (primary N) is 2. The molecule has 0 aliphatic heterocycles. The molecule has 7 rings (SSSR count). The third-order valence-corrected chi connectivity index (χ3v) is 11.3. The van der Waals surface area contributed by atoms with Crippen LogP contribution in [0.4, 0.5) is 39.8 Å². The van der Waals surface area contributed by atoms with Crippen molar-refractivity contribution in [3.8, 4) is 12.1 Å². The molecule has 0 saturated heterocycles. The summed E-state index contributed by atoms with van der Waals surface area (Å²) in [4.78, 5) is 10.3. The summed E-state index contributed by atoms with van der Waals surface area (Å²) in [5.41, 5.74) is 25.9. The van der Waals surface area contributed by atoms with E-state index >= 15 is 5.11 Å². The molecule has 0 atom stereocenters. The van der Waals surface area contributed by atoms with Crippen molar-refractivity contribution >= 4 is 78.2 Å². The van der Waals surface area contributed by atoms with Crippen LogP contribution in [0.1, 0.15) is 27.8 Å². The van der Waals surface area contributed by atoms with Crippen LogP contribution in [0.5, 0.6) is 0 Å². The van der Waals surface area contributed by atoms with Gasteiger partial charge in [-0.1, -0.05) is 30.0 Å². The number of rotatable bonds is 6. The van der Waals surface area contributed by atoms with Gasteiger partial charge in [-0.3, -0.25) is 0 Å². The fourth-order valence-electron chi connectivity index (χ4n) is 8.93. The van der Waals surface area contributed by atoms with Crippen LogP contribution in [0.2, 0.25) is 0 Å². The molecule has 2 aliphatic rings. The smallest absolute Gasteiger partial charge is 0.219 e. The van der Waals surface area contributed by atoms with Gasteiger partial charge in [0.1, 0.15) is 31.8 Å². The van der Waals surface area contributed by atoms with Crippen LogP contribution < -0.4 is 41.1 Å². The highest BCUT2D eigenvalue weighted by Crippen LogP contribution is 2.59. The molecule has 0 unspecified atom stereocenters. The average molecular weight is 771 g/mol. The van der Waals surface area contributed by atoms with Gasteiger partial charge in [-0.2, -0.15) is 10.5 Å². The van der Waals surface area contributed by atoms with Gasteiger partial charge in [-0.15, -0.1) is 0 Å². The van der Waals surface area contributed by atoms with Gasteiger partial charge >= 0.3 is 0 Å². The molecule has 0 heterocycles. The molecule has 0 bridgehead atoms. The molecule has 58 heavy (non-hydrogen) atoms. The number of fused-ring (bicyclic) bond motifs is 4. The largest absolute Gasteiger partial charge is 0.872 e. The number of hydrogen-bond acceptors (Lipinski definition) is 10. The van der Waals surface area contributed by atoms with Gasteiger partial charge < -0.3 is 41.1 Å². The van der Waals surface area contributed by atoms with E-state index in [1.54, 1.807) is 0 Å². The predicted molar refractivity (Wildman–Crippen MR) is 241 cm³/mol. The second kappa shape index (κ2) is 14.1. The van der Waals surface area contributed by atoms with Crippen molar-refractivity contribution in [1.82, 2.24) is 0 Å². The first-order valence-corrected chi connectivity index (χ1v) is 19.0. The van der Waals surface area contributed by atoms with Crippen LogP contribution in [-0.4, -0.2) is 94.9 Å². The highest BCUT2D eigenvalue weighted by atomic mass is 16.3. The van der Waals surface area contributed by atoms with Gasteiger partial charge in [0.2, 0.25) is 5.71 Å². The summed E-state index contributed by atoms with van der Waals surface area (Å²) in [7, 11) is 23.9. The Morgan fingerprint density at radius 2 is 0.966 bits per heavy atom. The first kappa shape index (κ1) is 39.1. The molecule has 0 aromatic heterocycles. The van der Waals surface area contributed by atoms with Crippen molar-refractivity contribution in [3.63, 3.8) is 0 Å². The molecule has 2 aliphatic carbocycles. The number of nitrogen functional groups attached to an aromatic ring is 2. The Labute approximate surface area is 341 Å². The number of benzene rings is 5. The standard InChI is InChI=1S/C47H50N10O/c1-52(2)30-17-13-15-26-35(27-16-14-18-31(53(3)4)37(27)45(36(26)30)56(9)10)43-34(25(23-48)24-49)44(47(43)58)42-38-28(50)19-21-32(54(5)6)40(38)46(57(11)12)41-33(55(7)8)22-20-29(51)39(41)42/h13-22H,50-51H2,1-12H3. The maximum Gasteiger partial charge on any atom is 0.219 e. The van der Waals surface area contributed by atoms with Crippen molar-refractivity contribution in [2.24, 2.45) is 0 Å². The lowest BCUT2D eigenvalue weighted by atomic mass is 9.68. The molecule has 5 aromatic rings. The van der Waals surface area contributed by atoms with Crippen LogP contribution in [-0.2, 0) is 0 Å². The van der Waals surface area contributed by atoms with Crippen LogP contribution in [0.15, 0.2) is 83.1 Å². The lowest BCUT2D eigenvalue weighted by Gasteiger charge is -2.41. The van der Waals surface area contributed by atoms with E-state index in [1.807, 2.05) is 143 Å². The molecule has 4 N–H and O–H groups in total. The molecule has 5 aromatic carbocycles. The van der Waals surface area contributed by atoms with Gasteiger partial charge in [0.05, 0.1) is 28.2 Å². The van der Waals surface area contributed by atoms with Crippen LogP contribution in [0.3, 0.4) is 0 Å². The predicted octanol–water partition coefficient (Wildman–Crippen LogP) is 5.84. The Hall–Kier alpha value is -7.11. The second-order valence-electron chi connectivity index (χ2n) is 16.1. The maximum atomic E-state index is 15.7. The normalized spacial score (nSPS) is 13.1. The maximum absolute atomic E-state index is 15.7. The highest BCUT2D eigenvalue weighted by Gasteiger charge is 2.41. The van der Waals surface area contributed by atoms with Gasteiger partial charge in [0.25, 0.3) is 0 Å². The fourth-order valence-corrected chi connectivity index (χ4v) is 8.93. The molecule has 0 radical (unpaired) electrons. The molecule has 294 valence electrons. The Morgan fingerprint density at radius 1 is 0.534 bits per heavy atom. The molecule has 0 saturated carbocycles.